The van der Waals surface area contributed by atoms with Crippen LogP contribution in [0.4, 0.5) is 4.79 Å². The number of fused-ring (bicyclic) bond motifs is 2. The normalized spacial score (nSPS) is 24.8. The first kappa shape index (κ1) is 26.1. The van der Waals surface area contributed by atoms with Gasteiger partial charge in [-0.2, -0.15) is 5.10 Å². The van der Waals surface area contributed by atoms with Gasteiger partial charge in [-0.1, -0.05) is 40.0 Å². The van der Waals surface area contributed by atoms with E-state index in [-0.39, 0.29) is 11.9 Å². The minimum absolute atomic E-state index is 0.127. The number of nitrogens with one attached hydrogen (secondary N) is 2. The molecular formula is C26H42N4O4. The molecule has 0 aliphatic heterocycles. The number of hydrogen-bond donors (Lipinski definition) is 2. The summed E-state index contributed by atoms with van der Waals surface area (Å²) in [4.78, 5) is 25.1. The van der Waals surface area contributed by atoms with Crippen molar-refractivity contribution in [1.29, 1.82) is 0 Å². The van der Waals surface area contributed by atoms with Gasteiger partial charge in [-0.05, 0) is 62.9 Å². The molecule has 8 nitrogen and oxygen atoms in total. The fourth-order valence-corrected chi connectivity index (χ4v) is 5.33. The number of ether oxygens (including phenoxy) is 2. The highest BCUT2D eigenvalue weighted by atomic mass is 16.5. The Labute approximate surface area is 203 Å². The molecule has 1 aromatic rings. The Morgan fingerprint density at radius 2 is 2.06 bits per heavy atom. The van der Waals surface area contributed by atoms with Gasteiger partial charge in [0.2, 0.25) is 5.88 Å². The van der Waals surface area contributed by atoms with Crippen LogP contribution in [0.3, 0.4) is 0 Å². The van der Waals surface area contributed by atoms with E-state index in [0.717, 1.165) is 12.3 Å². The fraction of sp³-hybridized carbons (Fsp3) is 0.731. The summed E-state index contributed by atoms with van der Waals surface area (Å²) in [5, 5.41) is 10.5. The second-order valence-corrected chi connectivity index (χ2v) is 10.9. The maximum atomic E-state index is 13.5. The first-order valence-corrected chi connectivity index (χ1v) is 12.7. The standard InChI is InChI=1S/C26H42N4O4/c1-7-19-13-18-9-8-10-20(14-18)22(19)28-23(31)21-15-27-30(24(21)34-16-17(2)3)12-11-26(4,5)29-25(32)33-6/h11-12,15,17-20,22H,7-10,13-14,16H2,1-6H3,(H,28,31)(H,29,32)/b12-11+/t18?,19?,20?,22-/m1/s1. The second-order valence-electron chi connectivity index (χ2n) is 10.9. The zero-order valence-electron chi connectivity index (χ0n) is 21.6. The van der Waals surface area contributed by atoms with E-state index in [9.17, 15) is 9.59 Å². The average Bonchev–Trinajstić information content (AvgIpc) is 3.20. The molecule has 2 amide bonds. The number of carbonyl (C=O) groups is 2. The van der Waals surface area contributed by atoms with E-state index in [1.807, 2.05) is 13.8 Å². The smallest absolute Gasteiger partial charge is 0.407 e. The number of rotatable bonds is 9. The van der Waals surface area contributed by atoms with Gasteiger partial charge in [0, 0.05) is 12.2 Å². The molecule has 2 aliphatic carbocycles. The van der Waals surface area contributed by atoms with Crippen LogP contribution < -0.4 is 15.4 Å². The van der Waals surface area contributed by atoms with Crippen LogP contribution in [-0.4, -0.2) is 47.1 Å². The van der Waals surface area contributed by atoms with E-state index in [1.54, 1.807) is 23.2 Å². The molecule has 1 heterocycles. The molecule has 2 N–H and O–H groups in total. The van der Waals surface area contributed by atoms with Crippen molar-refractivity contribution < 1.29 is 19.1 Å². The molecule has 0 spiro atoms. The van der Waals surface area contributed by atoms with Crippen molar-refractivity contribution in [2.24, 2.45) is 23.7 Å². The van der Waals surface area contributed by atoms with Gasteiger partial charge in [-0.25, -0.2) is 9.48 Å². The summed E-state index contributed by atoms with van der Waals surface area (Å²) in [5.41, 5.74) is -0.234. The molecular weight excluding hydrogens is 432 g/mol. The Morgan fingerprint density at radius 3 is 2.74 bits per heavy atom. The summed E-state index contributed by atoms with van der Waals surface area (Å²) in [7, 11) is 1.33. The average molecular weight is 475 g/mol. The summed E-state index contributed by atoms with van der Waals surface area (Å²) in [6.07, 6.45) is 11.9. The maximum Gasteiger partial charge on any atom is 0.407 e. The third kappa shape index (κ3) is 6.54. The zero-order valence-corrected chi connectivity index (χ0v) is 21.6. The Bertz CT molecular complexity index is 874. The fourth-order valence-electron chi connectivity index (χ4n) is 5.33. The van der Waals surface area contributed by atoms with Crippen molar-refractivity contribution in [3.8, 4) is 5.88 Å². The van der Waals surface area contributed by atoms with Crippen LogP contribution in [-0.2, 0) is 4.74 Å². The van der Waals surface area contributed by atoms with Gasteiger partial charge in [-0.3, -0.25) is 4.79 Å². The van der Waals surface area contributed by atoms with E-state index in [1.165, 1.54) is 39.2 Å². The van der Waals surface area contributed by atoms with Crippen LogP contribution in [0, 0.1) is 23.7 Å². The highest BCUT2D eigenvalue weighted by Gasteiger charge is 2.40. The largest absolute Gasteiger partial charge is 0.477 e. The lowest BCUT2D eigenvalue weighted by atomic mass is 9.64. The van der Waals surface area contributed by atoms with Gasteiger partial charge < -0.3 is 20.1 Å². The Hall–Kier alpha value is -2.51. The number of aromatic nitrogens is 2. The van der Waals surface area contributed by atoms with Crippen LogP contribution in [0.5, 0.6) is 5.88 Å². The number of amides is 2. The minimum atomic E-state index is -0.676. The van der Waals surface area contributed by atoms with Crippen molar-refractivity contribution in [1.82, 2.24) is 20.4 Å². The third-order valence-electron chi connectivity index (χ3n) is 7.09. The summed E-state index contributed by atoms with van der Waals surface area (Å²) >= 11 is 0. The van der Waals surface area contributed by atoms with Crippen LogP contribution >= 0.6 is 0 Å². The lowest BCUT2D eigenvalue weighted by molar-refractivity contribution is 0.0676. The molecule has 0 radical (unpaired) electrons. The van der Waals surface area contributed by atoms with Crippen molar-refractivity contribution >= 4 is 18.2 Å². The highest BCUT2D eigenvalue weighted by Crippen LogP contribution is 2.44. The van der Waals surface area contributed by atoms with Gasteiger partial charge in [-0.15, -0.1) is 0 Å². The molecule has 2 saturated carbocycles. The van der Waals surface area contributed by atoms with Gasteiger partial charge in [0.05, 0.1) is 25.5 Å². The number of nitrogens with zero attached hydrogens (tertiary/aromatic N) is 2. The SMILES string of the molecule is CCC1CC2CCCC(C2)[C@@H]1NC(=O)c1cnn(/C=C/C(C)(C)NC(=O)OC)c1OCC(C)C. The zero-order chi connectivity index (χ0) is 24.9. The molecule has 8 heteroatoms. The number of alkyl carbamates (subject to hydrolysis) is 1. The summed E-state index contributed by atoms with van der Waals surface area (Å²) < 4.78 is 12.3. The van der Waals surface area contributed by atoms with E-state index in [4.69, 9.17) is 9.47 Å². The van der Waals surface area contributed by atoms with E-state index < -0.39 is 11.6 Å². The molecule has 0 aromatic carbocycles. The topological polar surface area (TPSA) is 94.5 Å². The predicted molar refractivity (Wildman–Crippen MR) is 133 cm³/mol. The second kappa shape index (κ2) is 11.3. The van der Waals surface area contributed by atoms with E-state index in [0.29, 0.717) is 35.8 Å². The maximum absolute atomic E-state index is 13.5. The first-order valence-electron chi connectivity index (χ1n) is 12.7. The molecule has 3 rings (SSSR count). The number of hydrogen-bond acceptors (Lipinski definition) is 5. The Morgan fingerprint density at radius 1 is 1.29 bits per heavy atom. The third-order valence-corrected chi connectivity index (χ3v) is 7.09. The van der Waals surface area contributed by atoms with Gasteiger partial charge in [0.25, 0.3) is 5.91 Å². The van der Waals surface area contributed by atoms with Crippen LogP contribution in [0.15, 0.2) is 12.3 Å². The minimum Gasteiger partial charge on any atom is -0.477 e. The monoisotopic (exact) mass is 474 g/mol. The molecule has 2 fully saturated rings. The quantitative estimate of drug-likeness (QED) is 0.533. The molecule has 190 valence electrons. The highest BCUT2D eigenvalue weighted by molar-refractivity contribution is 5.96. The molecule has 2 aliphatic rings. The summed E-state index contributed by atoms with van der Waals surface area (Å²) in [6.45, 7) is 10.5. The van der Waals surface area contributed by atoms with Crippen LogP contribution in [0.1, 0.15) is 83.5 Å². The van der Waals surface area contributed by atoms with Crippen molar-refractivity contribution in [2.75, 3.05) is 13.7 Å². The van der Waals surface area contributed by atoms with Gasteiger partial charge in [0.15, 0.2) is 0 Å². The molecule has 4 atom stereocenters. The predicted octanol–water partition coefficient (Wildman–Crippen LogP) is 4.86. The molecule has 2 bridgehead atoms. The number of carbonyl (C=O) groups excluding carboxylic acids is 2. The molecule has 0 saturated heterocycles. The first-order chi connectivity index (χ1) is 16.1. The summed E-state index contributed by atoms with van der Waals surface area (Å²) in [6, 6.07) is 0.203. The lowest BCUT2D eigenvalue weighted by Gasteiger charge is -2.45. The van der Waals surface area contributed by atoms with E-state index >= 15 is 0 Å². The molecule has 3 unspecified atom stereocenters. The van der Waals surface area contributed by atoms with Crippen molar-refractivity contribution in [3.63, 3.8) is 0 Å². The lowest BCUT2D eigenvalue weighted by Crippen LogP contribution is -2.50. The Balaban J connectivity index is 1.81. The summed E-state index contributed by atoms with van der Waals surface area (Å²) in [5.74, 6) is 2.48. The van der Waals surface area contributed by atoms with E-state index in [2.05, 4.69) is 36.5 Å². The van der Waals surface area contributed by atoms with Crippen LogP contribution in [0.25, 0.3) is 6.20 Å². The Kier molecular flexibility index (Phi) is 8.66. The van der Waals surface area contributed by atoms with Gasteiger partial charge >= 0.3 is 6.09 Å². The molecule has 1 aromatic heterocycles. The number of methoxy groups -OCH3 is 1. The van der Waals surface area contributed by atoms with Crippen LogP contribution in [0.2, 0.25) is 0 Å². The van der Waals surface area contributed by atoms with Crippen molar-refractivity contribution in [2.45, 2.75) is 84.7 Å². The van der Waals surface area contributed by atoms with Gasteiger partial charge in [0.1, 0.15) is 5.56 Å². The van der Waals surface area contributed by atoms with Crippen molar-refractivity contribution in [3.05, 3.63) is 17.8 Å². The molecule has 34 heavy (non-hydrogen) atoms.